The highest BCUT2D eigenvalue weighted by Gasteiger charge is 2.13. The summed E-state index contributed by atoms with van der Waals surface area (Å²) in [5.74, 6) is 0.488. The summed E-state index contributed by atoms with van der Waals surface area (Å²) >= 11 is 0. The van der Waals surface area contributed by atoms with Gasteiger partial charge in [-0.05, 0) is 29.8 Å². The molecule has 1 heterocycles. The Bertz CT molecular complexity index is 798. The lowest BCUT2D eigenvalue weighted by Crippen LogP contribution is -2.17. The number of hydrogen-bond donors (Lipinski definition) is 2. The summed E-state index contributed by atoms with van der Waals surface area (Å²) in [6.45, 7) is 0.476. The van der Waals surface area contributed by atoms with Gasteiger partial charge in [-0.15, -0.1) is 0 Å². The average molecular weight is 338 g/mol. The van der Waals surface area contributed by atoms with Crippen molar-refractivity contribution >= 4 is 11.6 Å². The summed E-state index contributed by atoms with van der Waals surface area (Å²) in [6, 6.07) is 10.6. The number of benzene rings is 1. The highest BCUT2D eigenvalue weighted by molar-refractivity contribution is 6.07. The quantitative estimate of drug-likeness (QED) is 0.594. The number of nitrogens with zero attached hydrogens (tertiary/aromatic N) is 2. The van der Waals surface area contributed by atoms with Crippen LogP contribution in [0, 0.1) is 11.3 Å². The van der Waals surface area contributed by atoms with Gasteiger partial charge in [-0.25, -0.2) is 0 Å². The van der Waals surface area contributed by atoms with E-state index in [0.717, 1.165) is 5.56 Å². The minimum Gasteiger partial charge on any atom is -0.497 e. The van der Waals surface area contributed by atoms with Crippen molar-refractivity contribution in [1.29, 1.82) is 5.26 Å². The molecule has 2 aromatic rings. The summed E-state index contributed by atoms with van der Waals surface area (Å²) in [4.78, 5) is 16.2. The zero-order valence-electron chi connectivity index (χ0n) is 13.9. The van der Waals surface area contributed by atoms with E-state index in [1.54, 1.807) is 30.6 Å². The van der Waals surface area contributed by atoms with Crippen LogP contribution < -0.4 is 20.1 Å². The Morgan fingerprint density at radius 1 is 1.24 bits per heavy atom. The van der Waals surface area contributed by atoms with Crippen molar-refractivity contribution in [2.75, 3.05) is 19.5 Å². The fourth-order valence-electron chi connectivity index (χ4n) is 2.02. The molecule has 128 valence electrons. The highest BCUT2D eigenvalue weighted by Crippen LogP contribution is 2.29. The fourth-order valence-corrected chi connectivity index (χ4v) is 2.02. The topological polar surface area (TPSA) is 96.3 Å². The van der Waals surface area contributed by atoms with Gasteiger partial charge < -0.3 is 20.1 Å². The number of rotatable bonds is 7. The number of anilines is 1. The zero-order chi connectivity index (χ0) is 18.1. The Labute approximate surface area is 145 Å². The molecule has 1 amide bonds. The van der Waals surface area contributed by atoms with Gasteiger partial charge in [-0.1, -0.05) is 0 Å². The second-order valence-electron chi connectivity index (χ2n) is 4.93. The molecule has 7 heteroatoms. The van der Waals surface area contributed by atoms with Crippen LogP contribution in [0.25, 0.3) is 0 Å². The number of nitrogens with one attached hydrogen (secondary N) is 2. The van der Waals surface area contributed by atoms with Crippen molar-refractivity contribution in [3.8, 4) is 17.6 Å². The Balaban J connectivity index is 2.07. The maximum absolute atomic E-state index is 12.3. The van der Waals surface area contributed by atoms with Crippen molar-refractivity contribution < 1.29 is 14.3 Å². The lowest BCUT2D eigenvalue weighted by atomic mass is 10.2. The summed E-state index contributed by atoms with van der Waals surface area (Å²) < 4.78 is 10.3. The van der Waals surface area contributed by atoms with E-state index in [9.17, 15) is 10.1 Å². The molecular formula is C18H18N4O3. The Hall–Kier alpha value is -3.53. The average Bonchev–Trinajstić information content (AvgIpc) is 2.65. The van der Waals surface area contributed by atoms with E-state index in [-0.39, 0.29) is 5.57 Å². The van der Waals surface area contributed by atoms with Crippen LogP contribution in [0.2, 0.25) is 0 Å². The molecule has 2 N–H and O–H groups in total. The molecule has 0 atom stereocenters. The first-order chi connectivity index (χ1) is 12.2. The number of methoxy groups -OCH3 is 2. The minimum absolute atomic E-state index is 0.0565. The zero-order valence-corrected chi connectivity index (χ0v) is 13.9. The predicted octanol–water partition coefficient (Wildman–Crippen LogP) is 2.23. The minimum atomic E-state index is -0.545. The normalized spacial score (nSPS) is 10.5. The molecule has 1 aromatic heterocycles. The summed E-state index contributed by atoms with van der Waals surface area (Å²) in [5.41, 5.74) is 1.35. The molecule has 0 bridgehead atoms. The lowest BCUT2D eigenvalue weighted by molar-refractivity contribution is -0.112. The van der Waals surface area contributed by atoms with Gasteiger partial charge in [-0.3, -0.25) is 9.78 Å². The van der Waals surface area contributed by atoms with Crippen molar-refractivity contribution in [2.45, 2.75) is 6.54 Å². The highest BCUT2D eigenvalue weighted by atomic mass is 16.5. The molecular weight excluding hydrogens is 320 g/mol. The molecule has 0 aliphatic rings. The molecule has 2 rings (SSSR count). The van der Waals surface area contributed by atoms with Gasteiger partial charge >= 0.3 is 0 Å². The summed E-state index contributed by atoms with van der Waals surface area (Å²) in [7, 11) is 3.02. The first-order valence-corrected chi connectivity index (χ1v) is 7.44. The number of hydrogen-bond acceptors (Lipinski definition) is 6. The molecule has 0 saturated carbocycles. The first-order valence-electron chi connectivity index (χ1n) is 7.44. The van der Waals surface area contributed by atoms with Gasteiger partial charge in [0.25, 0.3) is 5.91 Å². The second-order valence-corrected chi connectivity index (χ2v) is 4.93. The molecule has 0 aliphatic carbocycles. The second kappa shape index (κ2) is 8.93. The van der Waals surface area contributed by atoms with Gasteiger partial charge in [0.2, 0.25) is 0 Å². The van der Waals surface area contributed by atoms with Crippen LogP contribution in [0.5, 0.6) is 11.5 Å². The number of amides is 1. The third-order valence-electron chi connectivity index (χ3n) is 3.32. The molecule has 0 aliphatic heterocycles. The molecule has 25 heavy (non-hydrogen) atoms. The van der Waals surface area contributed by atoms with E-state index < -0.39 is 5.91 Å². The van der Waals surface area contributed by atoms with Crippen LogP contribution in [-0.4, -0.2) is 25.1 Å². The Morgan fingerprint density at radius 2 is 2.00 bits per heavy atom. The largest absolute Gasteiger partial charge is 0.497 e. The van der Waals surface area contributed by atoms with Crippen molar-refractivity contribution in [3.63, 3.8) is 0 Å². The van der Waals surface area contributed by atoms with E-state index in [2.05, 4.69) is 15.6 Å². The molecule has 0 fully saturated rings. The van der Waals surface area contributed by atoms with Crippen LogP contribution in [0.4, 0.5) is 5.69 Å². The van der Waals surface area contributed by atoms with E-state index in [4.69, 9.17) is 9.47 Å². The summed E-state index contributed by atoms with van der Waals surface area (Å²) in [6.07, 6.45) is 4.73. The van der Waals surface area contributed by atoms with Gasteiger partial charge in [0.1, 0.15) is 23.1 Å². The van der Waals surface area contributed by atoms with E-state index in [1.807, 2.05) is 18.2 Å². The van der Waals surface area contributed by atoms with Gasteiger partial charge in [0, 0.05) is 31.2 Å². The lowest BCUT2D eigenvalue weighted by Gasteiger charge is -2.11. The molecule has 1 aromatic carbocycles. The van der Waals surface area contributed by atoms with Gasteiger partial charge in [0.15, 0.2) is 0 Å². The van der Waals surface area contributed by atoms with Crippen LogP contribution in [-0.2, 0) is 11.3 Å². The molecule has 0 spiro atoms. The van der Waals surface area contributed by atoms with E-state index in [0.29, 0.717) is 23.7 Å². The Morgan fingerprint density at radius 3 is 2.64 bits per heavy atom. The number of carbonyl (C=O) groups excluding carboxylic acids is 1. The number of aromatic nitrogens is 1. The van der Waals surface area contributed by atoms with E-state index in [1.165, 1.54) is 20.4 Å². The Kier molecular flexibility index (Phi) is 6.37. The number of carbonyl (C=O) groups is 1. The number of pyridine rings is 1. The monoisotopic (exact) mass is 338 g/mol. The van der Waals surface area contributed by atoms with Crippen molar-refractivity contribution in [1.82, 2.24) is 10.3 Å². The van der Waals surface area contributed by atoms with Crippen LogP contribution in [0.3, 0.4) is 0 Å². The SMILES string of the molecule is COc1ccc(OC)c(NC(=O)/C(C#N)=C\NCc2ccncc2)c1. The van der Waals surface area contributed by atoms with Crippen LogP contribution >= 0.6 is 0 Å². The van der Waals surface area contributed by atoms with Crippen molar-refractivity contribution in [3.05, 3.63) is 60.1 Å². The van der Waals surface area contributed by atoms with Crippen LogP contribution in [0.1, 0.15) is 5.56 Å². The van der Waals surface area contributed by atoms with E-state index >= 15 is 0 Å². The molecule has 7 nitrogen and oxygen atoms in total. The maximum atomic E-state index is 12.3. The van der Waals surface area contributed by atoms with Gasteiger partial charge in [0.05, 0.1) is 19.9 Å². The summed E-state index contributed by atoms with van der Waals surface area (Å²) in [5, 5.41) is 14.8. The third kappa shape index (κ3) is 4.97. The molecule has 0 saturated heterocycles. The first kappa shape index (κ1) is 17.8. The van der Waals surface area contributed by atoms with Crippen LogP contribution in [0.15, 0.2) is 54.5 Å². The smallest absolute Gasteiger partial charge is 0.267 e. The third-order valence-corrected chi connectivity index (χ3v) is 3.32. The van der Waals surface area contributed by atoms with Gasteiger partial charge in [-0.2, -0.15) is 5.26 Å². The molecule has 0 unspecified atom stereocenters. The standard InChI is InChI=1S/C18H18N4O3/c1-24-15-3-4-17(25-2)16(9-15)22-18(23)14(10-19)12-21-11-13-5-7-20-8-6-13/h3-9,12,21H,11H2,1-2H3,(H,22,23)/b14-12-. The number of nitriles is 1. The van der Waals surface area contributed by atoms with Crippen molar-refractivity contribution in [2.24, 2.45) is 0 Å². The predicted molar refractivity (Wildman–Crippen MR) is 92.9 cm³/mol. The molecule has 0 radical (unpaired) electrons. The maximum Gasteiger partial charge on any atom is 0.267 e. The number of ether oxygens (including phenoxy) is 2. The fraction of sp³-hybridized carbons (Fsp3) is 0.167.